The van der Waals surface area contributed by atoms with E-state index in [1.54, 1.807) is 11.8 Å². The largest absolute Gasteiger partial charge is 0.381 e. The molecule has 1 heterocycles. The van der Waals surface area contributed by atoms with E-state index in [9.17, 15) is 8.42 Å². The number of aromatic nitrogens is 2. The maximum absolute atomic E-state index is 11.9. The summed E-state index contributed by atoms with van der Waals surface area (Å²) in [6.45, 7) is 4.78. The zero-order valence-corrected chi connectivity index (χ0v) is 11.8. The van der Waals surface area contributed by atoms with Gasteiger partial charge in [0.1, 0.15) is 4.90 Å². The quantitative estimate of drug-likeness (QED) is 0.791. The zero-order valence-electron chi connectivity index (χ0n) is 10.2. The molecule has 0 saturated carbocycles. The molecule has 3 N–H and O–H groups in total. The van der Waals surface area contributed by atoms with E-state index >= 15 is 0 Å². The molecule has 0 spiro atoms. The van der Waals surface area contributed by atoms with Gasteiger partial charge in [0, 0.05) is 24.5 Å². The highest BCUT2D eigenvalue weighted by atomic mass is 32.2. The van der Waals surface area contributed by atoms with Crippen molar-refractivity contribution < 1.29 is 8.42 Å². The summed E-state index contributed by atoms with van der Waals surface area (Å²) in [6.07, 6.45) is 3.38. The van der Waals surface area contributed by atoms with Crippen molar-refractivity contribution >= 4 is 27.6 Å². The van der Waals surface area contributed by atoms with Gasteiger partial charge in [0.05, 0.1) is 0 Å². The Bertz CT molecular complexity index is 469. The standard InChI is InChI=1S/C9H18N4O2S2/c1-4-13-6-8(9(10)12-13)17(14,15)11-5-7(2)16-3/h6-7,11H,4-5H2,1-3H3,(H2,10,12). The first-order valence-electron chi connectivity index (χ1n) is 5.26. The third-order valence-corrected chi connectivity index (χ3v) is 4.74. The van der Waals surface area contributed by atoms with Crippen molar-refractivity contribution in [2.24, 2.45) is 0 Å². The molecule has 1 atom stereocenters. The number of nitrogens with two attached hydrogens (primary N) is 1. The molecule has 0 radical (unpaired) electrons. The van der Waals surface area contributed by atoms with Gasteiger partial charge in [0.25, 0.3) is 0 Å². The summed E-state index contributed by atoms with van der Waals surface area (Å²) in [5.41, 5.74) is 5.59. The molecule has 0 amide bonds. The molecule has 6 nitrogen and oxygen atoms in total. The van der Waals surface area contributed by atoms with Gasteiger partial charge in [-0.05, 0) is 13.2 Å². The Morgan fingerprint density at radius 3 is 2.76 bits per heavy atom. The van der Waals surface area contributed by atoms with Crippen LogP contribution in [0.1, 0.15) is 13.8 Å². The van der Waals surface area contributed by atoms with Crippen LogP contribution in [0.25, 0.3) is 0 Å². The fourth-order valence-corrected chi connectivity index (χ4v) is 2.73. The van der Waals surface area contributed by atoms with Gasteiger partial charge in [-0.15, -0.1) is 0 Å². The molecule has 0 aliphatic heterocycles. The summed E-state index contributed by atoms with van der Waals surface area (Å²) in [7, 11) is -3.56. The first kappa shape index (κ1) is 14.3. The summed E-state index contributed by atoms with van der Waals surface area (Å²) >= 11 is 1.60. The van der Waals surface area contributed by atoms with Gasteiger partial charge in [0.15, 0.2) is 5.82 Å². The van der Waals surface area contributed by atoms with E-state index in [4.69, 9.17) is 5.73 Å². The molecule has 1 unspecified atom stereocenters. The predicted octanol–water partition coefficient (Wildman–Crippen LogP) is 0.515. The van der Waals surface area contributed by atoms with E-state index in [0.29, 0.717) is 13.1 Å². The maximum Gasteiger partial charge on any atom is 0.245 e. The number of nitrogens with zero attached hydrogens (tertiary/aromatic N) is 2. The molecule has 0 aliphatic carbocycles. The first-order chi connectivity index (χ1) is 7.90. The Hall–Kier alpha value is -0.730. The zero-order chi connectivity index (χ0) is 13.1. The van der Waals surface area contributed by atoms with E-state index in [-0.39, 0.29) is 16.0 Å². The van der Waals surface area contributed by atoms with Crippen molar-refractivity contribution in [3.63, 3.8) is 0 Å². The van der Waals surface area contributed by atoms with Crippen LogP contribution in [0.5, 0.6) is 0 Å². The monoisotopic (exact) mass is 278 g/mol. The second-order valence-corrected chi connectivity index (χ2v) is 6.64. The molecule has 1 rings (SSSR count). The third kappa shape index (κ3) is 3.62. The molecule has 0 aromatic carbocycles. The maximum atomic E-state index is 11.9. The Balaban J connectivity index is 2.85. The summed E-state index contributed by atoms with van der Waals surface area (Å²) in [5, 5.41) is 4.13. The SMILES string of the molecule is CCn1cc(S(=O)(=O)NCC(C)SC)c(N)n1. The highest BCUT2D eigenvalue weighted by Gasteiger charge is 2.21. The second-order valence-electron chi connectivity index (χ2n) is 3.63. The minimum atomic E-state index is -3.56. The van der Waals surface area contributed by atoms with Crippen LogP contribution in [0.15, 0.2) is 11.1 Å². The molecule has 1 aromatic heterocycles. The van der Waals surface area contributed by atoms with Gasteiger partial charge in [-0.2, -0.15) is 16.9 Å². The molecule has 98 valence electrons. The predicted molar refractivity (Wildman–Crippen MR) is 70.5 cm³/mol. The van der Waals surface area contributed by atoms with Crippen LogP contribution in [-0.2, 0) is 16.6 Å². The highest BCUT2D eigenvalue weighted by molar-refractivity contribution is 7.99. The molecular weight excluding hydrogens is 260 g/mol. The van der Waals surface area contributed by atoms with Crippen LogP contribution in [0.2, 0.25) is 0 Å². The minimum absolute atomic E-state index is 0.0381. The Morgan fingerprint density at radius 1 is 1.65 bits per heavy atom. The highest BCUT2D eigenvalue weighted by Crippen LogP contribution is 2.16. The van der Waals surface area contributed by atoms with E-state index in [1.807, 2.05) is 20.1 Å². The number of anilines is 1. The fourth-order valence-electron chi connectivity index (χ4n) is 1.18. The lowest BCUT2D eigenvalue weighted by molar-refractivity contribution is 0.581. The summed E-state index contributed by atoms with van der Waals surface area (Å²) < 4.78 is 27.9. The van der Waals surface area contributed by atoms with Crippen molar-refractivity contribution in [1.82, 2.24) is 14.5 Å². The number of thioether (sulfide) groups is 1. The molecule has 0 aliphatic rings. The number of nitrogens with one attached hydrogen (secondary N) is 1. The van der Waals surface area contributed by atoms with Crippen LogP contribution in [0.3, 0.4) is 0 Å². The van der Waals surface area contributed by atoms with E-state index in [1.165, 1.54) is 10.9 Å². The molecule has 0 fully saturated rings. The van der Waals surface area contributed by atoms with E-state index in [0.717, 1.165) is 0 Å². The average molecular weight is 278 g/mol. The fraction of sp³-hybridized carbons (Fsp3) is 0.667. The molecule has 8 heteroatoms. The lowest BCUT2D eigenvalue weighted by Gasteiger charge is -2.09. The first-order valence-corrected chi connectivity index (χ1v) is 8.03. The number of hydrogen-bond acceptors (Lipinski definition) is 5. The Kier molecular flexibility index (Phi) is 4.84. The van der Waals surface area contributed by atoms with Gasteiger partial charge in [-0.1, -0.05) is 6.92 Å². The van der Waals surface area contributed by atoms with Gasteiger partial charge in [-0.25, -0.2) is 13.1 Å². The normalized spacial score (nSPS) is 13.8. The number of sulfonamides is 1. The number of rotatable bonds is 6. The van der Waals surface area contributed by atoms with Crippen molar-refractivity contribution in [1.29, 1.82) is 0 Å². The molecular formula is C9H18N4O2S2. The summed E-state index contributed by atoms with van der Waals surface area (Å²) in [6, 6.07) is 0. The number of aryl methyl sites for hydroxylation is 1. The Labute approximate surface area is 106 Å². The third-order valence-electron chi connectivity index (χ3n) is 2.33. The smallest absolute Gasteiger partial charge is 0.245 e. The lowest BCUT2D eigenvalue weighted by atomic mass is 10.5. The van der Waals surface area contributed by atoms with Crippen molar-refractivity contribution in [2.75, 3.05) is 18.5 Å². The van der Waals surface area contributed by atoms with E-state index < -0.39 is 10.0 Å². The van der Waals surface area contributed by atoms with Crippen LogP contribution >= 0.6 is 11.8 Å². The van der Waals surface area contributed by atoms with Gasteiger partial charge < -0.3 is 5.73 Å². The topological polar surface area (TPSA) is 90.0 Å². The summed E-state index contributed by atoms with van der Waals surface area (Å²) in [4.78, 5) is 0.0488. The van der Waals surface area contributed by atoms with E-state index in [2.05, 4.69) is 9.82 Å². The van der Waals surface area contributed by atoms with Crippen LogP contribution in [0.4, 0.5) is 5.82 Å². The molecule has 17 heavy (non-hydrogen) atoms. The second kappa shape index (κ2) is 5.74. The van der Waals surface area contributed by atoms with Gasteiger partial charge in [-0.3, -0.25) is 4.68 Å². The number of hydrogen-bond donors (Lipinski definition) is 2. The minimum Gasteiger partial charge on any atom is -0.381 e. The van der Waals surface area contributed by atoms with Crippen LogP contribution in [0, 0.1) is 0 Å². The number of nitrogen functional groups attached to an aromatic ring is 1. The van der Waals surface area contributed by atoms with Crippen molar-refractivity contribution in [3.05, 3.63) is 6.20 Å². The van der Waals surface area contributed by atoms with Crippen molar-refractivity contribution in [3.8, 4) is 0 Å². The molecule has 1 aromatic rings. The van der Waals surface area contributed by atoms with Crippen molar-refractivity contribution in [2.45, 2.75) is 30.5 Å². The molecule has 0 bridgehead atoms. The average Bonchev–Trinajstić information content (AvgIpc) is 2.68. The Morgan fingerprint density at radius 2 is 2.29 bits per heavy atom. The van der Waals surface area contributed by atoms with Gasteiger partial charge in [0.2, 0.25) is 10.0 Å². The van der Waals surface area contributed by atoms with Crippen LogP contribution < -0.4 is 10.5 Å². The molecule has 0 saturated heterocycles. The summed E-state index contributed by atoms with van der Waals surface area (Å²) in [5.74, 6) is 0.0381. The van der Waals surface area contributed by atoms with Crippen LogP contribution in [-0.4, -0.2) is 36.2 Å². The lowest BCUT2D eigenvalue weighted by Crippen LogP contribution is -2.29. The van der Waals surface area contributed by atoms with Gasteiger partial charge >= 0.3 is 0 Å².